The zero-order valence-corrected chi connectivity index (χ0v) is 9.51. The van der Waals surface area contributed by atoms with Crippen LogP contribution in [0.3, 0.4) is 0 Å². The number of hydrogen-bond acceptors (Lipinski definition) is 2. The van der Waals surface area contributed by atoms with Crippen LogP contribution in [0, 0.1) is 17.0 Å². The third-order valence-electron chi connectivity index (χ3n) is 2.37. The van der Waals surface area contributed by atoms with Gasteiger partial charge in [-0.15, -0.1) is 0 Å². The van der Waals surface area contributed by atoms with Crippen LogP contribution in [0.2, 0.25) is 0 Å². The molecular formula is C12H14F2O2. The van der Waals surface area contributed by atoms with Gasteiger partial charge in [-0.2, -0.15) is 0 Å². The van der Waals surface area contributed by atoms with Crippen molar-refractivity contribution in [3.63, 3.8) is 0 Å². The zero-order chi connectivity index (χ0) is 12.3. The number of benzene rings is 1. The molecule has 1 aromatic rings. The molecule has 0 aromatic heterocycles. The summed E-state index contributed by atoms with van der Waals surface area (Å²) in [6.07, 6.45) is 0.302. The summed E-state index contributed by atoms with van der Waals surface area (Å²) in [6, 6.07) is 3.61. The van der Waals surface area contributed by atoms with Crippen molar-refractivity contribution in [2.45, 2.75) is 20.3 Å². The predicted octanol–water partition coefficient (Wildman–Crippen LogP) is 2.71. The molecule has 0 saturated heterocycles. The number of ether oxygens (including phenoxy) is 1. The molecule has 0 fully saturated rings. The average molecular weight is 228 g/mol. The smallest absolute Gasteiger partial charge is 0.311 e. The molecule has 0 heterocycles. The summed E-state index contributed by atoms with van der Waals surface area (Å²) < 4.78 is 30.3. The van der Waals surface area contributed by atoms with Crippen molar-refractivity contribution >= 4 is 5.97 Å². The summed E-state index contributed by atoms with van der Waals surface area (Å²) in [5.74, 6) is -2.17. The first-order valence-electron chi connectivity index (χ1n) is 4.89. The summed E-state index contributed by atoms with van der Waals surface area (Å²) in [5.41, 5.74) is -0.187. The highest BCUT2D eigenvalue weighted by molar-refractivity contribution is 5.76. The molecule has 0 bridgehead atoms. The van der Waals surface area contributed by atoms with Crippen LogP contribution in [0.1, 0.15) is 19.4 Å². The van der Waals surface area contributed by atoms with E-state index in [1.165, 1.54) is 13.2 Å². The topological polar surface area (TPSA) is 26.3 Å². The van der Waals surface area contributed by atoms with Gasteiger partial charge < -0.3 is 4.74 Å². The highest BCUT2D eigenvalue weighted by Gasteiger charge is 2.29. The molecule has 1 aromatic carbocycles. The fourth-order valence-electron chi connectivity index (χ4n) is 1.51. The standard InChI is InChI=1S/C12H14F2O2/c1-12(2,11(15)16-3)7-8-4-5-9(13)10(14)6-8/h4-6H,7H2,1-3H3. The third-order valence-corrected chi connectivity index (χ3v) is 2.37. The minimum absolute atomic E-state index is 0.302. The van der Waals surface area contributed by atoms with Crippen LogP contribution in [0.25, 0.3) is 0 Å². The molecule has 0 atom stereocenters. The fourth-order valence-corrected chi connectivity index (χ4v) is 1.51. The van der Waals surface area contributed by atoms with Gasteiger partial charge in [0.15, 0.2) is 11.6 Å². The number of hydrogen-bond donors (Lipinski definition) is 0. The molecule has 2 nitrogen and oxygen atoms in total. The summed E-state index contributed by atoms with van der Waals surface area (Å²) >= 11 is 0. The molecular weight excluding hydrogens is 214 g/mol. The minimum atomic E-state index is -0.904. The highest BCUT2D eigenvalue weighted by Crippen LogP contribution is 2.24. The molecule has 4 heteroatoms. The van der Waals surface area contributed by atoms with Gasteiger partial charge in [-0.1, -0.05) is 6.07 Å². The second kappa shape index (κ2) is 4.60. The van der Waals surface area contributed by atoms with E-state index in [1.54, 1.807) is 13.8 Å². The summed E-state index contributed by atoms with van der Waals surface area (Å²) in [5, 5.41) is 0. The molecule has 88 valence electrons. The van der Waals surface area contributed by atoms with Crippen molar-refractivity contribution < 1.29 is 18.3 Å². The van der Waals surface area contributed by atoms with E-state index in [4.69, 9.17) is 0 Å². The predicted molar refractivity (Wildman–Crippen MR) is 55.9 cm³/mol. The number of rotatable bonds is 3. The van der Waals surface area contributed by atoms with Crippen LogP contribution in [-0.4, -0.2) is 13.1 Å². The van der Waals surface area contributed by atoms with Gasteiger partial charge in [0.25, 0.3) is 0 Å². The van der Waals surface area contributed by atoms with Crippen molar-refractivity contribution in [2.24, 2.45) is 5.41 Å². The van der Waals surface area contributed by atoms with Gasteiger partial charge in [0, 0.05) is 0 Å². The van der Waals surface area contributed by atoms with Crippen LogP contribution in [0.4, 0.5) is 8.78 Å². The Morgan fingerprint density at radius 1 is 1.31 bits per heavy atom. The van der Waals surface area contributed by atoms with Crippen LogP contribution in [0.15, 0.2) is 18.2 Å². The summed E-state index contributed by atoms with van der Waals surface area (Å²) in [4.78, 5) is 11.4. The highest BCUT2D eigenvalue weighted by atomic mass is 19.2. The largest absolute Gasteiger partial charge is 0.469 e. The number of carbonyl (C=O) groups is 1. The number of esters is 1. The van der Waals surface area contributed by atoms with Crippen LogP contribution in [0.5, 0.6) is 0 Å². The van der Waals surface area contributed by atoms with Crippen molar-refractivity contribution in [1.29, 1.82) is 0 Å². The Bertz CT molecular complexity index is 400. The molecule has 0 saturated carbocycles. The second-order valence-electron chi connectivity index (χ2n) is 4.30. The first kappa shape index (κ1) is 12.6. The molecule has 0 aliphatic heterocycles. The lowest BCUT2D eigenvalue weighted by atomic mass is 9.86. The SMILES string of the molecule is COC(=O)C(C)(C)Cc1ccc(F)c(F)c1. The monoisotopic (exact) mass is 228 g/mol. The Morgan fingerprint density at radius 3 is 2.44 bits per heavy atom. The van der Waals surface area contributed by atoms with E-state index in [1.807, 2.05) is 0 Å². The van der Waals surface area contributed by atoms with Gasteiger partial charge in [0.05, 0.1) is 12.5 Å². The van der Waals surface area contributed by atoms with Crippen LogP contribution < -0.4 is 0 Å². The van der Waals surface area contributed by atoms with E-state index in [2.05, 4.69) is 4.74 Å². The van der Waals surface area contributed by atoms with E-state index >= 15 is 0 Å². The minimum Gasteiger partial charge on any atom is -0.469 e. The molecule has 0 N–H and O–H groups in total. The first-order valence-corrected chi connectivity index (χ1v) is 4.89. The maximum absolute atomic E-state index is 12.9. The molecule has 0 spiro atoms. The van der Waals surface area contributed by atoms with Gasteiger partial charge in [0.2, 0.25) is 0 Å². The molecule has 1 rings (SSSR count). The van der Waals surface area contributed by atoms with Crippen molar-refractivity contribution in [3.8, 4) is 0 Å². The Kier molecular flexibility index (Phi) is 3.62. The maximum Gasteiger partial charge on any atom is 0.311 e. The van der Waals surface area contributed by atoms with Crippen molar-refractivity contribution in [1.82, 2.24) is 0 Å². The van der Waals surface area contributed by atoms with E-state index < -0.39 is 17.0 Å². The lowest BCUT2D eigenvalue weighted by molar-refractivity contribution is -0.150. The average Bonchev–Trinajstić information content (AvgIpc) is 2.22. The second-order valence-corrected chi connectivity index (χ2v) is 4.30. The molecule has 0 amide bonds. The van der Waals surface area contributed by atoms with Crippen LogP contribution in [-0.2, 0) is 16.0 Å². The van der Waals surface area contributed by atoms with Gasteiger partial charge in [-0.3, -0.25) is 4.79 Å². The maximum atomic E-state index is 12.9. The summed E-state index contributed by atoms with van der Waals surface area (Å²) in [7, 11) is 1.30. The van der Waals surface area contributed by atoms with E-state index in [9.17, 15) is 13.6 Å². The number of methoxy groups -OCH3 is 1. The summed E-state index contributed by atoms with van der Waals surface area (Å²) in [6.45, 7) is 3.39. The van der Waals surface area contributed by atoms with Gasteiger partial charge in [-0.05, 0) is 38.0 Å². The van der Waals surface area contributed by atoms with Gasteiger partial charge >= 0.3 is 5.97 Å². The van der Waals surface area contributed by atoms with Gasteiger partial charge in [-0.25, -0.2) is 8.78 Å². The molecule has 16 heavy (non-hydrogen) atoms. The lowest BCUT2D eigenvalue weighted by Gasteiger charge is -2.21. The quantitative estimate of drug-likeness (QED) is 0.743. The van der Waals surface area contributed by atoms with E-state index in [0.29, 0.717) is 12.0 Å². The number of carbonyl (C=O) groups excluding carboxylic acids is 1. The Hall–Kier alpha value is -1.45. The Morgan fingerprint density at radius 2 is 1.94 bits per heavy atom. The Balaban J connectivity index is 2.88. The molecule has 0 radical (unpaired) electrons. The van der Waals surface area contributed by atoms with Gasteiger partial charge in [0.1, 0.15) is 0 Å². The van der Waals surface area contributed by atoms with Crippen molar-refractivity contribution in [2.75, 3.05) is 7.11 Å². The normalized spacial score (nSPS) is 11.3. The number of halogens is 2. The lowest BCUT2D eigenvalue weighted by Crippen LogP contribution is -2.28. The molecule has 0 aliphatic carbocycles. The fraction of sp³-hybridized carbons (Fsp3) is 0.417. The third kappa shape index (κ3) is 2.78. The van der Waals surface area contributed by atoms with Crippen LogP contribution >= 0.6 is 0 Å². The van der Waals surface area contributed by atoms with E-state index in [0.717, 1.165) is 12.1 Å². The Labute approximate surface area is 93.2 Å². The molecule has 0 aliphatic rings. The molecule has 0 unspecified atom stereocenters. The first-order chi connectivity index (χ1) is 7.36. The van der Waals surface area contributed by atoms with E-state index in [-0.39, 0.29) is 5.97 Å². The zero-order valence-electron chi connectivity index (χ0n) is 9.51. The van der Waals surface area contributed by atoms with Crippen molar-refractivity contribution in [3.05, 3.63) is 35.4 Å².